The second-order valence-corrected chi connectivity index (χ2v) is 8.65. The third-order valence-corrected chi connectivity index (χ3v) is 6.60. The van der Waals surface area contributed by atoms with Gasteiger partial charge in [-0.3, -0.25) is 24.6 Å². The molecule has 3 aromatic carbocycles. The zero-order valence-corrected chi connectivity index (χ0v) is 18.4. The van der Waals surface area contributed by atoms with Crippen LogP contribution in [0.2, 0.25) is 0 Å². The molecular formula is C24H21N3O4S. The van der Waals surface area contributed by atoms with Gasteiger partial charge in [0.05, 0.1) is 10.7 Å². The Kier molecular flexibility index (Phi) is 5.96. The molecule has 32 heavy (non-hydrogen) atoms. The zero-order valence-electron chi connectivity index (χ0n) is 17.6. The maximum absolute atomic E-state index is 12.7. The number of carbonyl (C=O) groups is 2. The molecule has 1 fully saturated rings. The van der Waals surface area contributed by atoms with Crippen molar-refractivity contribution in [3.05, 3.63) is 99.1 Å². The van der Waals surface area contributed by atoms with E-state index in [1.165, 1.54) is 36.0 Å². The van der Waals surface area contributed by atoms with E-state index in [0.29, 0.717) is 11.4 Å². The van der Waals surface area contributed by atoms with Crippen molar-refractivity contribution in [3.63, 3.8) is 0 Å². The molecule has 4 rings (SSSR count). The highest BCUT2D eigenvalue weighted by atomic mass is 32.2. The van der Waals surface area contributed by atoms with Crippen molar-refractivity contribution in [3.8, 4) is 0 Å². The van der Waals surface area contributed by atoms with E-state index >= 15 is 0 Å². The number of anilines is 2. The number of hydrogen-bond acceptors (Lipinski definition) is 5. The van der Waals surface area contributed by atoms with Gasteiger partial charge in [-0.25, -0.2) is 0 Å². The molecule has 0 spiro atoms. The normalized spacial score (nSPS) is 15.6. The van der Waals surface area contributed by atoms with Gasteiger partial charge in [-0.1, -0.05) is 24.3 Å². The molecule has 0 aliphatic carbocycles. The maximum atomic E-state index is 12.7. The number of non-ortho nitro benzene ring substituents is 1. The summed E-state index contributed by atoms with van der Waals surface area (Å²) in [6.07, 6.45) is 0. The predicted octanol–water partition coefficient (Wildman–Crippen LogP) is 5.24. The second-order valence-electron chi connectivity index (χ2n) is 7.58. The minimum Gasteiger partial charge on any atom is -0.322 e. The van der Waals surface area contributed by atoms with Gasteiger partial charge in [-0.15, -0.1) is 11.8 Å². The average molecular weight is 448 g/mol. The molecule has 1 saturated heterocycles. The van der Waals surface area contributed by atoms with Crippen LogP contribution in [0.15, 0.2) is 66.7 Å². The molecule has 1 atom stereocenters. The summed E-state index contributed by atoms with van der Waals surface area (Å²) < 4.78 is 0. The van der Waals surface area contributed by atoms with Gasteiger partial charge in [0.25, 0.3) is 11.6 Å². The third kappa shape index (κ3) is 4.36. The molecule has 3 aromatic rings. The summed E-state index contributed by atoms with van der Waals surface area (Å²) >= 11 is 1.53. The first-order valence-corrected chi connectivity index (χ1v) is 11.0. The van der Waals surface area contributed by atoms with Crippen LogP contribution in [0.1, 0.15) is 32.4 Å². The van der Waals surface area contributed by atoms with Crippen molar-refractivity contribution >= 4 is 40.6 Å². The predicted molar refractivity (Wildman–Crippen MR) is 126 cm³/mol. The van der Waals surface area contributed by atoms with Crippen LogP contribution in [0.25, 0.3) is 0 Å². The summed E-state index contributed by atoms with van der Waals surface area (Å²) in [6.45, 7) is 4.05. The van der Waals surface area contributed by atoms with Crippen molar-refractivity contribution in [1.29, 1.82) is 0 Å². The van der Waals surface area contributed by atoms with E-state index in [9.17, 15) is 19.7 Å². The molecule has 2 amide bonds. The Morgan fingerprint density at radius 3 is 2.59 bits per heavy atom. The van der Waals surface area contributed by atoms with E-state index in [-0.39, 0.29) is 22.5 Å². The monoisotopic (exact) mass is 447 g/mol. The van der Waals surface area contributed by atoms with Crippen LogP contribution in [0, 0.1) is 24.0 Å². The minimum atomic E-state index is -0.535. The molecule has 1 heterocycles. The van der Waals surface area contributed by atoms with Crippen molar-refractivity contribution in [2.45, 2.75) is 19.2 Å². The first kappa shape index (κ1) is 21.6. The van der Waals surface area contributed by atoms with Gasteiger partial charge >= 0.3 is 0 Å². The first-order chi connectivity index (χ1) is 15.3. The number of benzene rings is 3. The summed E-state index contributed by atoms with van der Waals surface area (Å²) in [4.78, 5) is 37.5. The fraction of sp³-hybridized carbons (Fsp3) is 0.167. The number of carbonyl (C=O) groups excluding carboxylic acids is 2. The quantitative estimate of drug-likeness (QED) is 0.426. The highest BCUT2D eigenvalue weighted by Crippen LogP contribution is 2.42. The van der Waals surface area contributed by atoms with Gasteiger partial charge in [0.15, 0.2) is 0 Å². The molecule has 1 N–H and O–H groups in total. The third-order valence-electron chi connectivity index (χ3n) is 5.39. The Balaban J connectivity index is 1.58. The summed E-state index contributed by atoms with van der Waals surface area (Å²) in [6, 6.07) is 18.9. The van der Waals surface area contributed by atoms with E-state index in [4.69, 9.17) is 0 Å². The van der Waals surface area contributed by atoms with Gasteiger partial charge in [-0.05, 0) is 60.9 Å². The SMILES string of the molecule is Cc1ccc(N2C(=O)CS[C@@H]2c2cccc(NC(=O)c3cccc([N+](=O)[O-])c3)c2)cc1C. The van der Waals surface area contributed by atoms with Crippen LogP contribution in [-0.4, -0.2) is 22.5 Å². The molecule has 7 nitrogen and oxygen atoms in total. The number of nitro groups is 1. The summed E-state index contributed by atoms with van der Waals surface area (Å²) in [5.74, 6) is -0.0247. The fourth-order valence-electron chi connectivity index (χ4n) is 3.56. The highest BCUT2D eigenvalue weighted by molar-refractivity contribution is 8.00. The Morgan fingerprint density at radius 2 is 1.84 bits per heavy atom. The largest absolute Gasteiger partial charge is 0.322 e. The van der Waals surface area contributed by atoms with Crippen molar-refractivity contribution in [2.75, 3.05) is 16.0 Å². The van der Waals surface area contributed by atoms with Crippen molar-refractivity contribution < 1.29 is 14.5 Å². The van der Waals surface area contributed by atoms with Crippen LogP contribution in [0.5, 0.6) is 0 Å². The molecule has 1 aliphatic heterocycles. The number of amides is 2. The van der Waals surface area contributed by atoms with Gasteiger partial charge in [-0.2, -0.15) is 0 Å². The average Bonchev–Trinajstić information content (AvgIpc) is 3.17. The molecule has 162 valence electrons. The molecule has 0 bridgehead atoms. The van der Waals surface area contributed by atoms with Gasteiger partial charge in [0.2, 0.25) is 5.91 Å². The number of aryl methyl sites for hydroxylation is 2. The summed E-state index contributed by atoms with van der Waals surface area (Å²) in [5, 5.41) is 13.6. The van der Waals surface area contributed by atoms with E-state index in [0.717, 1.165) is 22.4 Å². The highest BCUT2D eigenvalue weighted by Gasteiger charge is 2.34. The molecule has 0 saturated carbocycles. The number of nitrogens with zero attached hydrogens (tertiary/aromatic N) is 2. The number of hydrogen-bond donors (Lipinski definition) is 1. The van der Waals surface area contributed by atoms with Crippen molar-refractivity contribution in [2.24, 2.45) is 0 Å². The van der Waals surface area contributed by atoms with E-state index in [1.807, 2.05) is 50.2 Å². The maximum Gasteiger partial charge on any atom is 0.270 e. The molecule has 0 unspecified atom stereocenters. The van der Waals surface area contributed by atoms with Gasteiger partial charge in [0, 0.05) is 29.1 Å². The molecule has 0 aromatic heterocycles. The topological polar surface area (TPSA) is 92.6 Å². The number of rotatable bonds is 5. The smallest absolute Gasteiger partial charge is 0.270 e. The van der Waals surface area contributed by atoms with Crippen LogP contribution >= 0.6 is 11.8 Å². The lowest BCUT2D eigenvalue weighted by molar-refractivity contribution is -0.384. The first-order valence-electron chi connectivity index (χ1n) is 10.00. The van der Waals surface area contributed by atoms with E-state index in [1.54, 1.807) is 11.0 Å². The molecule has 0 radical (unpaired) electrons. The Bertz CT molecular complexity index is 1230. The summed E-state index contributed by atoms with van der Waals surface area (Å²) in [5.41, 5.74) is 4.62. The molecule has 8 heteroatoms. The fourth-order valence-corrected chi connectivity index (χ4v) is 4.73. The van der Waals surface area contributed by atoms with Crippen LogP contribution in [0.3, 0.4) is 0 Å². The lowest BCUT2D eigenvalue weighted by Crippen LogP contribution is -2.28. The number of thioether (sulfide) groups is 1. The van der Waals surface area contributed by atoms with Crippen LogP contribution < -0.4 is 10.2 Å². The standard InChI is InChI=1S/C24H21N3O4S/c1-15-9-10-20(11-16(15)2)26-22(28)14-32-24(26)18-6-3-7-19(12-18)25-23(29)17-5-4-8-21(13-17)27(30)31/h3-13,24H,14H2,1-2H3,(H,25,29)/t24-/m1/s1. The van der Waals surface area contributed by atoms with Crippen molar-refractivity contribution in [1.82, 2.24) is 0 Å². The van der Waals surface area contributed by atoms with Gasteiger partial charge < -0.3 is 5.32 Å². The number of nitrogens with one attached hydrogen (secondary N) is 1. The minimum absolute atomic E-state index is 0.0364. The lowest BCUT2D eigenvalue weighted by Gasteiger charge is -2.25. The Labute approximate surface area is 189 Å². The Hall–Kier alpha value is -3.65. The van der Waals surface area contributed by atoms with Crippen LogP contribution in [-0.2, 0) is 4.79 Å². The zero-order chi connectivity index (χ0) is 22.8. The van der Waals surface area contributed by atoms with E-state index < -0.39 is 10.8 Å². The number of nitro benzene ring substituents is 1. The second kappa shape index (κ2) is 8.84. The lowest BCUT2D eigenvalue weighted by atomic mass is 10.1. The Morgan fingerprint density at radius 1 is 1.06 bits per heavy atom. The van der Waals surface area contributed by atoms with Gasteiger partial charge in [0.1, 0.15) is 5.37 Å². The van der Waals surface area contributed by atoms with E-state index in [2.05, 4.69) is 5.32 Å². The molecule has 1 aliphatic rings. The molecular weight excluding hydrogens is 426 g/mol. The summed E-state index contributed by atoms with van der Waals surface area (Å²) in [7, 11) is 0. The van der Waals surface area contributed by atoms with Crippen LogP contribution in [0.4, 0.5) is 17.1 Å².